The van der Waals surface area contributed by atoms with Crippen LogP contribution in [0.5, 0.6) is 0 Å². The highest BCUT2D eigenvalue weighted by Crippen LogP contribution is 2.14. The van der Waals surface area contributed by atoms with Crippen LogP contribution in [-0.2, 0) is 0 Å². The number of H-pyrrole nitrogens is 1. The van der Waals surface area contributed by atoms with Crippen molar-refractivity contribution in [1.29, 1.82) is 0 Å². The molecule has 0 aliphatic heterocycles. The summed E-state index contributed by atoms with van der Waals surface area (Å²) in [4.78, 5) is 29.9. The van der Waals surface area contributed by atoms with Crippen LogP contribution in [0.25, 0.3) is 11.3 Å². The average molecular weight is 271 g/mol. The predicted molar refractivity (Wildman–Crippen MR) is 77.5 cm³/mol. The van der Waals surface area contributed by atoms with E-state index in [0.29, 0.717) is 12.2 Å². The monoisotopic (exact) mass is 271 g/mol. The van der Waals surface area contributed by atoms with E-state index in [1.54, 1.807) is 6.07 Å². The summed E-state index contributed by atoms with van der Waals surface area (Å²) >= 11 is 0. The summed E-state index contributed by atoms with van der Waals surface area (Å²) in [6.07, 6.45) is 1.91. The molecule has 0 radical (unpaired) electrons. The summed E-state index contributed by atoms with van der Waals surface area (Å²) in [7, 11) is 0. The van der Waals surface area contributed by atoms with Gasteiger partial charge in [0.05, 0.1) is 5.69 Å². The molecule has 2 N–H and O–H groups in total. The summed E-state index contributed by atoms with van der Waals surface area (Å²) < 4.78 is 0. The van der Waals surface area contributed by atoms with E-state index in [0.717, 1.165) is 18.4 Å². The number of carbonyl (C=O) groups is 1. The number of aromatic nitrogens is 2. The molecular weight excluding hydrogens is 254 g/mol. The van der Waals surface area contributed by atoms with Gasteiger partial charge in [-0.25, -0.2) is 4.79 Å². The highest BCUT2D eigenvalue weighted by atomic mass is 16.2. The normalized spacial score (nSPS) is 10.2. The molecule has 104 valence electrons. The number of rotatable bonds is 5. The van der Waals surface area contributed by atoms with E-state index < -0.39 is 5.69 Å². The third kappa shape index (κ3) is 3.54. The van der Waals surface area contributed by atoms with Crippen LogP contribution in [0.2, 0.25) is 0 Å². The molecule has 5 heteroatoms. The Morgan fingerprint density at radius 2 is 2.05 bits per heavy atom. The molecule has 0 aliphatic carbocycles. The van der Waals surface area contributed by atoms with Crippen LogP contribution in [0.15, 0.2) is 41.2 Å². The lowest BCUT2D eigenvalue weighted by molar-refractivity contribution is 0.0947. The largest absolute Gasteiger partial charge is 0.351 e. The van der Waals surface area contributed by atoms with Crippen molar-refractivity contribution < 1.29 is 4.79 Å². The van der Waals surface area contributed by atoms with Crippen LogP contribution in [-0.4, -0.2) is 22.4 Å². The van der Waals surface area contributed by atoms with Crippen molar-refractivity contribution in [2.24, 2.45) is 0 Å². The fourth-order valence-electron chi connectivity index (χ4n) is 1.81. The molecule has 0 atom stereocenters. The van der Waals surface area contributed by atoms with E-state index in [1.165, 1.54) is 0 Å². The lowest BCUT2D eigenvalue weighted by atomic mass is 10.1. The van der Waals surface area contributed by atoms with Crippen LogP contribution in [0, 0.1) is 0 Å². The lowest BCUT2D eigenvalue weighted by Crippen LogP contribution is -2.28. The Balaban J connectivity index is 2.25. The number of unbranched alkanes of at least 4 members (excludes halogenated alkanes) is 1. The van der Waals surface area contributed by atoms with Crippen LogP contribution in [0.4, 0.5) is 0 Å². The van der Waals surface area contributed by atoms with Gasteiger partial charge in [-0.2, -0.15) is 4.98 Å². The quantitative estimate of drug-likeness (QED) is 0.816. The molecule has 0 spiro atoms. The Labute approximate surface area is 117 Å². The molecule has 0 unspecified atom stereocenters. The van der Waals surface area contributed by atoms with Crippen molar-refractivity contribution in [1.82, 2.24) is 15.3 Å². The minimum Gasteiger partial charge on any atom is -0.351 e. The van der Waals surface area contributed by atoms with Crippen molar-refractivity contribution in [3.8, 4) is 11.3 Å². The molecular formula is C15H17N3O2. The Kier molecular flexibility index (Phi) is 4.65. The molecule has 2 aromatic rings. The highest BCUT2D eigenvalue weighted by Gasteiger charge is 2.09. The molecule has 20 heavy (non-hydrogen) atoms. The van der Waals surface area contributed by atoms with Gasteiger partial charge in [0.2, 0.25) is 0 Å². The van der Waals surface area contributed by atoms with Gasteiger partial charge >= 0.3 is 5.69 Å². The Morgan fingerprint density at radius 1 is 1.30 bits per heavy atom. The van der Waals surface area contributed by atoms with Gasteiger partial charge in [0.1, 0.15) is 5.69 Å². The Hall–Kier alpha value is -2.43. The van der Waals surface area contributed by atoms with Gasteiger partial charge in [-0.3, -0.25) is 4.79 Å². The number of nitrogens with one attached hydrogen (secondary N) is 2. The third-order valence-electron chi connectivity index (χ3n) is 2.87. The maximum absolute atomic E-state index is 11.9. The third-order valence-corrected chi connectivity index (χ3v) is 2.87. The zero-order chi connectivity index (χ0) is 14.4. The first kappa shape index (κ1) is 14.0. The first-order chi connectivity index (χ1) is 9.70. The predicted octanol–water partition coefficient (Wildman–Crippen LogP) is 1.97. The molecule has 1 amide bonds. The lowest BCUT2D eigenvalue weighted by Gasteiger charge is -2.05. The zero-order valence-corrected chi connectivity index (χ0v) is 11.3. The van der Waals surface area contributed by atoms with E-state index in [-0.39, 0.29) is 11.6 Å². The van der Waals surface area contributed by atoms with Gasteiger partial charge in [-0.05, 0) is 12.5 Å². The summed E-state index contributed by atoms with van der Waals surface area (Å²) in [5.41, 5.74) is 1.02. The fourth-order valence-corrected chi connectivity index (χ4v) is 1.81. The molecule has 5 nitrogen and oxygen atoms in total. The standard InChI is InChI=1S/C15H17N3O2/c1-2-3-9-16-14(19)13-10-12(17-15(20)18-13)11-7-5-4-6-8-11/h4-8,10H,2-3,9H2,1H3,(H,16,19)(H,17,18,20). The maximum atomic E-state index is 11.9. The number of hydrogen-bond donors (Lipinski definition) is 2. The highest BCUT2D eigenvalue weighted by molar-refractivity contribution is 5.93. The van der Waals surface area contributed by atoms with Crippen LogP contribution >= 0.6 is 0 Å². The molecule has 1 aromatic carbocycles. The van der Waals surface area contributed by atoms with E-state index in [1.807, 2.05) is 37.3 Å². The number of carbonyl (C=O) groups excluding carboxylic acids is 1. The number of aromatic amines is 1. The van der Waals surface area contributed by atoms with E-state index in [9.17, 15) is 9.59 Å². The molecule has 0 bridgehead atoms. The summed E-state index contributed by atoms with van der Waals surface area (Å²) in [6, 6.07) is 10.9. The number of amides is 1. The second-order valence-corrected chi connectivity index (χ2v) is 4.46. The van der Waals surface area contributed by atoms with E-state index in [2.05, 4.69) is 15.3 Å². The van der Waals surface area contributed by atoms with Crippen molar-refractivity contribution >= 4 is 5.91 Å². The van der Waals surface area contributed by atoms with Gasteiger partial charge in [0, 0.05) is 12.1 Å². The van der Waals surface area contributed by atoms with Gasteiger partial charge in [0.15, 0.2) is 0 Å². The van der Waals surface area contributed by atoms with E-state index in [4.69, 9.17) is 0 Å². The SMILES string of the molecule is CCCCNC(=O)c1cc(-c2ccccc2)nc(=O)[nH]1. The number of hydrogen-bond acceptors (Lipinski definition) is 3. The zero-order valence-electron chi connectivity index (χ0n) is 11.3. The van der Waals surface area contributed by atoms with Gasteiger partial charge in [0.25, 0.3) is 5.91 Å². The van der Waals surface area contributed by atoms with Crippen LogP contribution in [0.1, 0.15) is 30.3 Å². The second kappa shape index (κ2) is 6.65. The molecule has 2 rings (SSSR count). The summed E-state index contributed by atoms with van der Waals surface area (Å²) in [5, 5.41) is 2.77. The molecule has 0 fully saturated rings. The number of nitrogens with zero attached hydrogens (tertiary/aromatic N) is 1. The molecule has 0 saturated heterocycles. The first-order valence-electron chi connectivity index (χ1n) is 6.65. The molecule has 0 aliphatic rings. The van der Waals surface area contributed by atoms with Gasteiger partial charge in [-0.15, -0.1) is 0 Å². The van der Waals surface area contributed by atoms with Gasteiger partial charge < -0.3 is 10.3 Å². The Morgan fingerprint density at radius 3 is 2.75 bits per heavy atom. The first-order valence-corrected chi connectivity index (χ1v) is 6.65. The van der Waals surface area contributed by atoms with Crippen LogP contribution < -0.4 is 11.0 Å². The van der Waals surface area contributed by atoms with Crippen molar-refractivity contribution in [2.75, 3.05) is 6.54 Å². The van der Waals surface area contributed by atoms with Gasteiger partial charge in [-0.1, -0.05) is 43.7 Å². The maximum Gasteiger partial charge on any atom is 0.346 e. The van der Waals surface area contributed by atoms with Crippen LogP contribution in [0.3, 0.4) is 0 Å². The Bertz CT molecular complexity index is 635. The fraction of sp³-hybridized carbons (Fsp3) is 0.267. The molecule has 0 saturated carbocycles. The second-order valence-electron chi connectivity index (χ2n) is 4.46. The topological polar surface area (TPSA) is 74.8 Å². The smallest absolute Gasteiger partial charge is 0.346 e. The summed E-state index contributed by atoms with van der Waals surface area (Å²) in [6.45, 7) is 2.65. The van der Waals surface area contributed by atoms with Crippen molar-refractivity contribution in [3.63, 3.8) is 0 Å². The molecule has 1 heterocycles. The average Bonchev–Trinajstić information content (AvgIpc) is 2.47. The van der Waals surface area contributed by atoms with Crippen molar-refractivity contribution in [3.05, 3.63) is 52.6 Å². The summed E-state index contributed by atoms with van der Waals surface area (Å²) in [5.74, 6) is -0.282. The minimum atomic E-state index is -0.521. The number of benzene rings is 1. The minimum absolute atomic E-state index is 0.236. The molecule has 1 aromatic heterocycles. The van der Waals surface area contributed by atoms with Crippen molar-refractivity contribution in [2.45, 2.75) is 19.8 Å². The van der Waals surface area contributed by atoms with E-state index >= 15 is 0 Å².